The molecule has 0 saturated carbocycles. The lowest BCUT2D eigenvalue weighted by molar-refractivity contribution is -0.119. The van der Waals surface area contributed by atoms with Crippen LogP contribution in [0.25, 0.3) is 10.2 Å². The topological polar surface area (TPSA) is 79.4 Å². The van der Waals surface area contributed by atoms with Crippen LogP contribution in [-0.2, 0) is 14.8 Å². The fourth-order valence-electron chi connectivity index (χ4n) is 3.17. The van der Waals surface area contributed by atoms with E-state index in [1.807, 2.05) is 25.1 Å². The molecule has 1 fully saturated rings. The lowest BCUT2D eigenvalue weighted by Crippen LogP contribution is -2.42. The van der Waals surface area contributed by atoms with Crippen LogP contribution in [0.4, 0.5) is 5.13 Å². The van der Waals surface area contributed by atoms with Crippen LogP contribution in [0.2, 0.25) is 0 Å². The third kappa shape index (κ3) is 3.56. The largest absolute Gasteiger partial charge is 0.301 e. The molecule has 1 amide bonds. The van der Waals surface area contributed by atoms with E-state index in [4.69, 9.17) is 0 Å². The van der Waals surface area contributed by atoms with Crippen molar-refractivity contribution in [3.8, 4) is 0 Å². The minimum Gasteiger partial charge on any atom is -0.301 e. The van der Waals surface area contributed by atoms with E-state index in [-0.39, 0.29) is 10.1 Å². The molecule has 4 rings (SSSR count). The van der Waals surface area contributed by atoms with Gasteiger partial charge in [-0.15, -0.1) is 11.3 Å². The number of para-hydroxylation sites is 1. The Morgan fingerprint density at radius 1 is 1.30 bits per heavy atom. The Balaban J connectivity index is 1.58. The highest BCUT2D eigenvalue weighted by atomic mass is 79.9. The Morgan fingerprint density at radius 3 is 2.81 bits per heavy atom. The molecule has 27 heavy (non-hydrogen) atoms. The molecule has 3 heterocycles. The molecule has 1 N–H and O–H groups in total. The van der Waals surface area contributed by atoms with Gasteiger partial charge in [-0.1, -0.05) is 23.5 Å². The molecule has 1 aliphatic heterocycles. The summed E-state index contributed by atoms with van der Waals surface area (Å²) in [6.07, 6.45) is 1.16. The molecule has 10 heteroatoms. The average Bonchev–Trinajstić information content (AvgIpc) is 3.33. The second kappa shape index (κ2) is 7.25. The minimum atomic E-state index is -3.69. The molecule has 142 valence electrons. The van der Waals surface area contributed by atoms with Gasteiger partial charge in [0.05, 0.1) is 14.0 Å². The number of thiazole rings is 1. The predicted octanol–water partition coefficient (Wildman–Crippen LogP) is 4.22. The normalized spacial score (nSPS) is 18.2. The first kappa shape index (κ1) is 19.0. The van der Waals surface area contributed by atoms with Gasteiger partial charge in [0.15, 0.2) is 5.13 Å². The zero-order chi connectivity index (χ0) is 19.2. The van der Waals surface area contributed by atoms with E-state index in [9.17, 15) is 13.2 Å². The first-order valence-corrected chi connectivity index (χ1v) is 12.2. The summed E-state index contributed by atoms with van der Waals surface area (Å²) in [5.41, 5.74) is 1.90. The van der Waals surface area contributed by atoms with E-state index in [1.165, 1.54) is 15.6 Å². The lowest BCUT2D eigenvalue weighted by Gasteiger charge is -2.22. The standard InChI is InChI=1S/C17H16BrN3O3S3/c1-10-4-2-6-12-15(10)19-17(25-12)20-16(22)11-5-3-9-21(11)27(23,24)14-8-7-13(18)26-14/h2,4,6-8,11H,3,5,9H2,1H3,(H,19,20,22)/t11-/m1/s1. The van der Waals surface area contributed by atoms with Gasteiger partial charge in [-0.25, -0.2) is 13.4 Å². The molecule has 3 aromatic rings. The van der Waals surface area contributed by atoms with E-state index in [1.54, 1.807) is 12.1 Å². The zero-order valence-corrected chi connectivity index (χ0v) is 18.3. The van der Waals surface area contributed by atoms with Crippen LogP contribution in [0.3, 0.4) is 0 Å². The number of aryl methyl sites for hydroxylation is 1. The number of benzene rings is 1. The van der Waals surface area contributed by atoms with Gasteiger partial charge in [0, 0.05) is 6.54 Å². The van der Waals surface area contributed by atoms with Crippen LogP contribution < -0.4 is 5.32 Å². The summed E-state index contributed by atoms with van der Waals surface area (Å²) in [6.45, 7) is 2.31. The van der Waals surface area contributed by atoms with Gasteiger partial charge in [-0.3, -0.25) is 4.79 Å². The number of fused-ring (bicyclic) bond motifs is 1. The number of amides is 1. The molecule has 1 atom stereocenters. The quantitative estimate of drug-likeness (QED) is 0.599. The van der Waals surface area contributed by atoms with Crippen molar-refractivity contribution < 1.29 is 13.2 Å². The summed E-state index contributed by atoms with van der Waals surface area (Å²) in [6, 6.07) is 8.42. The van der Waals surface area contributed by atoms with Crippen LogP contribution in [0.1, 0.15) is 18.4 Å². The number of sulfonamides is 1. The molecule has 1 aromatic carbocycles. The number of nitrogens with zero attached hydrogens (tertiary/aromatic N) is 2. The molecular weight excluding hydrogens is 470 g/mol. The smallest absolute Gasteiger partial charge is 0.253 e. The number of hydrogen-bond donors (Lipinski definition) is 1. The Labute approximate surface area is 173 Å². The van der Waals surface area contributed by atoms with Gasteiger partial charge >= 0.3 is 0 Å². The van der Waals surface area contributed by atoms with Gasteiger partial charge in [-0.2, -0.15) is 4.31 Å². The van der Waals surface area contributed by atoms with E-state index < -0.39 is 16.1 Å². The summed E-state index contributed by atoms with van der Waals surface area (Å²) in [4.78, 5) is 17.3. The lowest BCUT2D eigenvalue weighted by atomic mass is 10.2. The second-order valence-electron chi connectivity index (χ2n) is 6.26. The van der Waals surface area contributed by atoms with E-state index in [0.29, 0.717) is 24.5 Å². The first-order valence-electron chi connectivity index (χ1n) is 8.30. The number of carbonyl (C=O) groups is 1. The SMILES string of the molecule is Cc1cccc2sc(NC(=O)[C@H]3CCCN3S(=O)(=O)c3ccc(Br)s3)nc12. The fraction of sp³-hybridized carbons (Fsp3) is 0.294. The van der Waals surface area contributed by atoms with Crippen molar-refractivity contribution in [3.63, 3.8) is 0 Å². The van der Waals surface area contributed by atoms with Crippen LogP contribution in [0, 0.1) is 6.92 Å². The molecule has 6 nitrogen and oxygen atoms in total. The highest BCUT2D eigenvalue weighted by Crippen LogP contribution is 2.33. The maximum absolute atomic E-state index is 12.9. The molecule has 0 spiro atoms. The maximum atomic E-state index is 12.9. The molecule has 0 radical (unpaired) electrons. The van der Waals surface area contributed by atoms with Gasteiger partial charge in [0.1, 0.15) is 10.3 Å². The molecule has 0 bridgehead atoms. The molecule has 1 aliphatic rings. The predicted molar refractivity (Wildman–Crippen MR) is 112 cm³/mol. The third-order valence-corrected chi connectivity index (χ3v) is 9.40. The number of hydrogen-bond acceptors (Lipinski definition) is 6. The number of rotatable bonds is 4. The summed E-state index contributed by atoms with van der Waals surface area (Å²) < 4.78 is 29.1. The Kier molecular flexibility index (Phi) is 5.10. The van der Waals surface area contributed by atoms with Gasteiger partial charge in [-0.05, 0) is 59.5 Å². The summed E-state index contributed by atoms with van der Waals surface area (Å²) in [5.74, 6) is -0.330. The van der Waals surface area contributed by atoms with Crippen LogP contribution >= 0.6 is 38.6 Å². The fourth-order valence-corrected chi connectivity index (χ4v) is 7.91. The maximum Gasteiger partial charge on any atom is 0.253 e. The number of anilines is 1. The second-order valence-corrected chi connectivity index (χ2v) is 11.9. The number of aromatic nitrogens is 1. The van der Waals surface area contributed by atoms with Crippen molar-refractivity contribution in [2.24, 2.45) is 0 Å². The Hall–Kier alpha value is -1.33. The van der Waals surface area contributed by atoms with Crippen LogP contribution in [-0.4, -0.2) is 36.2 Å². The van der Waals surface area contributed by atoms with Crippen molar-refractivity contribution in [1.29, 1.82) is 0 Å². The van der Waals surface area contributed by atoms with E-state index >= 15 is 0 Å². The molecule has 0 aliphatic carbocycles. The van der Waals surface area contributed by atoms with E-state index in [2.05, 4.69) is 26.2 Å². The van der Waals surface area contributed by atoms with Crippen molar-refractivity contribution in [1.82, 2.24) is 9.29 Å². The highest BCUT2D eigenvalue weighted by molar-refractivity contribution is 9.11. The van der Waals surface area contributed by atoms with E-state index in [0.717, 1.165) is 30.9 Å². The van der Waals surface area contributed by atoms with Crippen molar-refractivity contribution >= 4 is 69.9 Å². The molecule has 0 unspecified atom stereocenters. The summed E-state index contributed by atoms with van der Waals surface area (Å²) in [5, 5.41) is 3.31. The van der Waals surface area contributed by atoms with Gasteiger partial charge in [0.25, 0.3) is 10.0 Å². The highest BCUT2D eigenvalue weighted by Gasteiger charge is 2.40. The summed E-state index contributed by atoms with van der Waals surface area (Å²) >= 11 is 5.83. The monoisotopic (exact) mass is 485 g/mol. The minimum absolute atomic E-state index is 0.240. The van der Waals surface area contributed by atoms with Gasteiger partial charge < -0.3 is 5.32 Å². The van der Waals surface area contributed by atoms with Crippen LogP contribution in [0.15, 0.2) is 38.3 Å². The van der Waals surface area contributed by atoms with Crippen LogP contribution in [0.5, 0.6) is 0 Å². The molecule has 1 saturated heterocycles. The average molecular weight is 486 g/mol. The number of thiophene rings is 1. The first-order chi connectivity index (χ1) is 12.9. The molecular formula is C17H16BrN3O3S3. The zero-order valence-electron chi connectivity index (χ0n) is 14.3. The van der Waals surface area contributed by atoms with Crippen molar-refractivity contribution in [2.45, 2.75) is 30.0 Å². The summed E-state index contributed by atoms with van der Waals surface area (Å²) in [7, 11) is -3.69. The van der Waals surface area contributed by atoms with Crippen molar-refractivity contribution in [3.05, 3.63) is 39.7 Å². The Morgan fingerprint density at radius 2 is 2.11 bits per heavy atom. The number of carbonyl (C=O) groups excluding carboxylic acids is 1. The molecule has 2 aromatic heterocycles. The number of halogens is 1. The van der Waals surface area contributed by atoms with Crippen molar-refractivity contribution in [2.75, 3.05) is 11.9 Å². The third-order valence-electron chi connectivity index (χ3n) is 4.47. The van der Waals surface area contributed by atoms with Gasteiger partial charge in [0.2, 0.25) is 5.91 Å². The Bertz CT molecular complexity index is 1120. The number of nitrogens with one attached hydrogen (secondary N) is 1.